The number of benzene rings is 3. The van der Waals surface area contributed by atoms with E-state index in [1.165, 1.54) is 0 Å². The number of nitrogens with two attached hydrogens (primary N) is 1. The molecule has 9 heteroatoms. The van der Waals surface area contributed by atoms with Gasteiger partial charge in [-0.15, -0.1) is 0 Å². The molecule has 37 heavy (non-hydrogen) atoms. The molecule has 3 aromatic carbocycles. The van der Waals surface area contributed by atoms with Crippen LogP contribution in [-0.4, -0.2) is 36.3 Å². The van der Waals surface area contributed by atoms with Gasteiger partial charge < -0.3 is 15.4 Å². The van der Waals surface area contributed by atoms with Crippen LogP contribution in [-0.2, 0) is 0 Å². The number of methoxy groups -OCH3 is 1. The van der Waals surface area contributed by atoms with Gasteiger partial charge in [0.25, 0.3) is 5.91 Å². The molecule has 5 nitrogen and oxygen atoms in total. The summed E-state index contributed by atoms with van der Waals surface area (Å²) < 4.78 is 44.7. The Kier molecular flexibility index (Phi) is 7.88. The standard InChI is InChI=1S/C28H25ClF3N3O2/c1-37-21-14-12-19(13-15-21)25-7-4-16-35(25)27(36)20-10-8-18(9-11-20)24(17-26(33)28(30,31)32)34-23-6-3-2-5-22(23)29/h2-3,5-6,8-15,17,25H,4,7,16,33H2,1H3/b26-17-,34-24?. The van der Waals surface area contributed by atoms with Crippen LogP contribution in [0.5, 0.6) is 5.75 Å². The molecule has 4 rings (SSSR count). The van der Waals surface area contributed by atoms with Crippen LogP contribution in [0, 0.1) is 0 Å². The Morgan fingerprint density at radius 1 is 1.05 bits per heavy atom. The molecule has 1 aliphatic heterocycles. The normalized spacial score (nSPS) is 16.7. The molecule has 1 heterocycles. The van der Waals surface area contributed by atoms with E-state index in [4.69, 9.17) is 22.1 Å². The van der Waals surface area contributed by atoms with Crippen LogP contribution in [0.1, 0.15) is 40.4 Å². The largest absolute Gasteiger partial charge is 0.497 e. The van der Waals surface area contributed by atoms with Crippen molar-refractivity contribution in [1.82, 2.24) is 4.90 Å². The minimum atomic E-state index is -4.72. The second-order valence-corrected chi connectivity index (χ2v) is 8.96. The maximum atomic E-state index is 13.4. The van der Waals surface area contributed by atoms with Gasteiger partial charge in [-0.05, 0) is 60.9 Å². The van der Waals surface area contributed by atoms with Gasteiger partial charge in [0.1, 0.15) is 11.4 Å². The third-order valence-electron chi connectivity index (χ3n) is 6.15. The molecule has 1 unspecified atom stereocenters. The van der Waals surface area contributed by atoms with Crippen molar-refractivity contribution in [2.45, 2.75) is 25.1 Å². The summed E-state index contributed by atoms with van der Waals surface area (Å²) in [5.74, 6) is 0.587. The summed E-state index contributed by atoms with van der Waals surface area (Å²) >= 11 is 6.16. The lowest BCUT2D eigenvalue weighted by atomic mass is 10.0. The monoisotopic (exact) mass is 527 g/mol. The van der Waals surface area contributed by atoms with Gasteiger partial charge in [0, 0.05) is 17.7 Å². The number of likely N-dealkylation sites (tertiary alicyclic amines) is 1. The maximum absolute atomic E-state index is 13.4. The van der Waals surface area contributed by atoms with E-state index in [2.05, 4.69) is 4.99 Å². The van der Waals surface area contributed by atoms with Crippen molar-refractivity contribution in [2.24, 2.45) is 10.7 Å². The van der Waals surface area contributed by atoms with E-state index in [1.807, 2.05) is 29.2 Å². The highest BCUT2D eigenvalue weighted by molar-refractivity contribution is 6.33. The summed E-state index contributed by atoms with van der Waals surface area (Å²) in [6, 6.07) is 20.4. The third-order valence-corrected chi connectivity index (χ3v) is 6.47. The van der Waals surface area contributed by atoms with E-state index in [0.29, 0.717) is 23.4 Å². The number of para-hydroxylation sites is 1. The Labute approximate surface area is 218 Å². The topological polar surface area (TPSA) is 67.9 Å². The zero-order chi connectivity index (χ0) is 26.6. The molecular formula is C28H25ClF3N3O2. The van der Waals surface area contributed by atoms with E-state index >= 15 is 0 Å². The number of rotatable bonds is 6. The van der Waals surface area contributed by atoms with Crippen LogP contribution in [0.15, 0.2) is 89.6 Å². The summed E-state index contributed by atoms with van der Waals surface area (Å²) in [5.41, 5.74) is 6.06. The number of ether oxygens (including phenoxy) is 1. The number of halogens is 4. The van der Waals surface area contributed by atoms with E-state index in [0.717, 1.165) is 30.2 Å². The van der Waals surface area contributed by atoms with E-state index in [-0.39, 0.29) is 22.7 Å². The molecule has 0 aromatic heterocycles. The lowest BCUT2D eigenvalue weighted by Gasteiger charge is -2.25. The number of carbonyl (C=O) groups is 1. The van der Waals surface area contributed by atoms with Crippen LogP contribution < -0.4 is 10.5 Å². The molecule has 0 radical (unpaired) electrons. The Hall–Kier alpha value is -3.78. The zero-order valence-corrected chi connectivity index (χ0v) is 20.8. The molecule has 0 bridgehead atoms. The van der Waals surface area contributed by atoms with Crippen molar-refractivity contribution in [3.8, 4) is 5.75 Å². The predicted molar refractivity (Wildman–Crippen MR) is 138 cm³/mol. The number of nitrogens with zero attached hydrogens (tertiary/aromatic N) is 2. The smallest absolute Gasteiger partial charge is 0.430 e. The molecule has 1 atom stereocenters. The summed E-state index contributed by atoms with van der Waals surface area (Å²) in [6.45, 7) is 0.612. The summed E-state index contributed by atoms with van der Waals surface area (Å²) in [5, 5.41) is 0.282. The van der Waals surface area contributed by atoms with Crippen molar-refractivity contribution < 1.29 is 22.7 Å². The Balaban J connectivity index is 1.62. The van der Waals surface area contributed by atoms with Crippen molar-refractivity contribution in [2.75, 3.05) is 13.7 Å². The van der Waals surface area contributed by atoms with Crippen LogP contribution in [0.25, 0.3) is 0 Å². The van der Waals surface area contributed by atoms with E-state index < -0.39 is 11.9 Å². The van der Waals surface area contributed by atoms with Crippen LogP contribution >= 0.6 is 11.6 Å². The first kappa shape index (κ1) is 26.3. The van der Waals surface area contributed by atoms with E-state index in [9.17, 15) is 18.0 Å². The number of aliphatic imine (C=N–C) groups is 1. The van der Waals surface area contributed by atoms with Crippen LogP contribution in [0.2, 0.25) is 5.02 Å². The fourth-order valence-electron chi connectivity index (χ4n) is 4.21. The molecule has 1 saturated heterocycles. The SMILES string of the molecule is COc1ccc(C2CCCN2C(=O)c2ccc(C(/C=C(\N)C(F)(F)F)=Nc3ccccc3Cl)cc2)cc1. The van der Waals surface area contributed by atoms with Crippen molar-refractivity contribution in [1.29, 1.82) is 0 Å². The molecule has 1 amide bonds. The molecule has 0 spiro atoms. The first-order chi connectivity index (χ1) is 17.7. The predicted octanol–water partition coefficient (Wildman–Crippen LogP) is 6.85. The molecule has 0 saturated carbocycles. The fourth-order valence-corrected chi connectivity index (χ4v) is 4.39. The maximum Gasteiger partial charge on any atom is 0.430 e. The number of amides is 1. The van der Waals surface area contributed by atoms with Crippen molar-refractivity contribution in [3.63, 3.8) is 0 Å². The summed E-state index contributed by atoms with van der Waals surface area (Å²) in [7, 11) is 1.60. The van der Waals surface area contributed by atoms with Gasteiger partial charge in [0.15, 0.2) is 0 Å². The zero-order valence-electron chi connectivity index (χ0n) is 20.0. The Bertz CT molecular complexity index is 1320. The van der Waals surface area contributed by atoms with Gasteiger partial charge in [0.2, 0.25) is 0 Å². The summed E-state index contributed by atoms with van der Waals surface area (Å²) in [6.07, 6.45) is -2.24. The van der Waals surface area contributed by atoms with Gasteiger partial charge in [-0.2, -0.15) is 13.2 Å². The highest BCUT2D eigenvalue weighted by Gasteiger charge is 2.32. The van der Waals surface area contributed by atoms with Crippen LogP contribution in [0.4, 0.5) is 18.9 Å². The molecule has 3 aromatic rings. The fraction of sp³-hybridized carbons (Fsp3) is 0.214. The number of hydrogen-bond acceptors (Lipinski definition) is 4. The second-order valence-electron chi connectivity index (χ2n) is 8.55. The Morgan fingerprint density at radius 2 is 1.70 bits per heavy atom. The van der Waals surface area contributed by atoms with Crippen molar-refractivity contribution >= 4 is 28.9 Å². The second kappa shape index (κ2) is 11.1. The molecule has 1 fully saturated rings. The Morgan fingerprint density at radius 3 is 2.32 bits per heavy atom. The van der Waals surface area contributed by atoms with Gasteiger partial charge >= 0.3 is 6.18 Å². The number of alkyl halides is 3. The lowest BCUT2D eigenvalue weighted by molar-refractivity contribution is -0.0925. The number of carbonyl (C=O) groups excluding carboxylic acids is 1. The molecule has 192 valence electrons. The van der Waals surface area contributed by atoms with E-state index in [1.54, 1.807) is 55.6 Å². The lowest BCUT2D eigenvalue weighted by Crippen LogP contribution is -2.30. The van der Waals surface area contributed by atoms with Gasteiger partial charge in [0.05, 0.1) is 29.6 Å². The van der Waals surface area contributed by atoms with Crippen molar-refractivity contribution in [3.05, 3.63) is 106 Å². The van der Waals surface area contributed by atoms with Crippen LogP contribution in [0.3, 0.4) is 0 Å². The number of allylic oxidation sites excluding steroid dienone is 2. The third kappa shape index (κ3) is 6.14. The molecule has 1 aliphatic rings. The summed E-state index contributed by atoms with van der Waals surface area (Å²) in [4.78, 5) is 19.5. The molecule has 2 N–H and O–H groups in total. The average Bonchev–Trinajstić information content (AvgIpc) is 3.38. The van der Waals surface area contributed by atoms with Gasteiger partial charge in [-0.1, -0.05) is 48.0 Å². The number of hydrogen-bond donors (Lipinski definition) is 1. The highest BCUT2D eigenvalue weighted by atomic mass is 35.5. The minimum Gasteiger partial charge on any atom is -0.497 e. The minimum absolute atomic E-state index is 0.0285. The molecule has 0 aliphatic carbocycles. The van der Waals surface area contributed by atoms with Gasteiger partial charge in [-0.3, -0.25) is 4.79 Å². The van der Waals surface area contributed by atoms with Gasteiger partial charge in [-0.25, -0.2) is 4.99 Å². The average molecular weight is 528 g/mol. The highest BCUT2D eigenvalue weighted by Crippen LogP contribution is 2.34. The quantitative estimate of drug-likeness (QED) is 0.356. The molecular weight excluding hydrogens is 503 g/mol. The first-order valence-electron chi connectivity index (χ1n) is 11.6. The first-order valence-corrected chi connectivity index (χ1v) is 12.0.